The summed E-state index contributed by atoms with van der Waals surface area (Å²) in [5, 5.41) is 16.2. The molecule has 0 unspecified atom stereocenters. The number of rotatable bonds is 5. The number of pyridine rings is 2. The lowest BCUT2D eigenvalue weighted by Crippen LogP contribution is -2.10. The van der Waals surface area contributed by atoms with E-state index >= 15 is 0 Å². The van der Waals surface area contributed by atoms with Crippen LogP contribution in [0.15, 0.2) is 55.0 Å². The number of aromatic amines is 1. The third-order valence-electron chi connectivity index (χ3n) is 5.80. The molecule has 3 N–H and O–H groups in total. The van der Waals surface area contributed by atoms with Gasteiger partial charge in [0.05, 0.1) is 12.2 Å². The maximum absolute atomic E-state index is 14.4. The summed E-state index contributed by atoms with van der Waals surface area (Å²) in [7, 11) is 0. The highest BCUT2D eigenvalue weighted by atomic mass is 19.1. The van der Waals surface area contributed by atoms with Crippen LogP contribution in [0.2, 0.25) is 0 Å². The molecule has 8 nitrogen and oxygen atoms in total. The smallest absolute Gasteiger partial charge is 0.410 e. The molecule has 1 amide bonds. The average molecular weight is 474 g/mol. The van der Waals surface area contributed by atoms with E-state index in [-0.39, 0.29) is 11.6 Å². The maximum Gasteiger partial charge on any atom is 0.410 e. The van der Waals surface area contributed by atoms with Gasteiger partial charge in [-0.25, -0.2) is 23.5 Å². The number of H-pyrrole nitrogens is 1. The largest absolute Gasteiger partial charge is 0.465 e. The zero-order valence-electron chi connectivity index (χ0n) is 18.8. The van der Waals surface area contributed by atoms with Crippen molar-refractivity contribution < 1.29 is 18.7 Å². The monoisotopic (exact) mass is 474 g/mol. The molecule has 0 radical (unpaired) electrons. The first kappa shape index (κ1) is 22.2. The highest BCUT2D eigenvalue weighted by Crippen LogP contribution is 2.35. The minimum Gasteiger partial charge on any atom is -0.465 e. The third-order valence-corrected chi connectivity index (χ3v) is 5.80. The van der Waals surface area contributed by atoms with Crippen molar-refractivity contribution in [1.82, 2.24) is 24.7 Å². The summed E-state index contributed by atoms with van der Waals surface area (Å²) in [6.07, 6.45) is 3.44. The number of fused-ring (bicyclic) bond motifs is 1. The Balaban J connectivity index is 1.54. The minimum absolute atomic E-state index is 0.294. The number of nitrogens with zero attached hydrogens (tertiary/aromatic N) is 4. The third kappa shape index (κ3) is 4.21. The number of aryl methyl sites for hydroxylation is 1. The Bertz CT molecular complexity index is 1590. The summed E-state index contributed by atoms with van der Waals surface area (Å²) >= 11 is 0. The number of hydrogen-bond acceptors (Lipinski definition) is 4. The SMILES string of the molecule is Cc1nn(Cc2cccc(F)c2)c(C)c1-c1c[nH]c2ncc(-c3cnc(NC(=O)O)c(F)c3)cc12. The summed E-state index contributed by atoms with van der Waals surface area (Å²) < 4.78 is 29.8. The predicted octanol–water partition coefficient (Wildman–Crippen LogP) is 5.52. The lowest BCUT2D eigenvalue weighted by Gasteiger charge is -2.07. The molecule has 0 saturated heterocycles. The molecule has 4 aromatic heterocycles. The first-order valence-corrected chi connectivity index (χ1v) is 10.7. The molecule has 0 fully saturated rings. The number of carbonyl (C=O) groups is 1. The molecular formula is C25H20F2N6O2. The molecule has 1 aromatic carbocycles. The molecule has 176 valence electrons. The Morgan fingerprint density at radius 2 is 1.89 bits per heavy atom. The van der Waals surface area contributed by atoms with Gasteiger partial charge in [-0.2, -0.15) is 5.10 Å². The summed E-state index contributed by atoms with van der Waals surface area (Å²) in [5.41, 5.74) is 6.06. The normalized spacial score (nSPS) is 11.2. The number of amides is 1. The van der Waals surface area contributed by atoms with E-state index in [1.165, 1.54) is 24.4 Å². The molecule has 0 spiro atoms. The van der Waals surface area contributed by atoms with E-state index in [1.54, 1.807) is 12.3 Å². The number of benzene rings is 1. The summed E-state index contributed by atoms with van der Waals surface area (Å²) in [6.45, 7) is 4.30. The fraction of sp³-hybridized carbons (Fsp3) is 0.120. The van der Waals surface area contributed by atoms with Gasteiger partial charge in [-0.3, -0.25) is 10.00 Å². The van der Waals surface area contributed by atoms with Crippen molar-refractivity contribution in [1.29, 1.82) is 0 Å². The van der Waals surface area contributed by atoms with Gasteiger partial charge in [0.25, 0.3) is 0 Å². The van der Waals surface area contributed by atoms with Crippen molar-refractivity contribution in [3.63, 3.8) is 0 Å². The molecular weight excluding hydrogens is 454 g/mol. The second-order valence-corrected chi connectivity index (χ2v) is 8.14. The Morgan fingerprint density at radius 3 is 2.63 bits per heavy atom. The molecule has 0 atom stereocenters. The summed E-state index contributed by atoms with van der Waals surface area (Å²) in [5.74, 6) is -1.45. The van der Waals surface area contributed by atoms with Crippen molar-refractivity contribution in [3.05, 3.63) is 83.6 Å². The van der Waals surface area contributed by atoms with Crippen LogP contribution < -0.4 is 5.32 Å². The van der Waals surface area contributed by atoms with Crippen LogP contribution in [0.1, 0.15) is 17.0 Å². The van der Waals surface area contributed by atoms with Gasteiger partial charge in [0, 0.05) is 51.9 Å². The second-order valence-electron chi connectivity index (χ2n) is 8.14. The van der Waals surface area contributed by atoms with E-state index in [9.17, 15) is 13.6 Å². The topological polar surface area (TPSA) is 109 Å². The molecule has 0 saturated carbocycles. The van der Waals surface area contributed by atoms with Gasteiger partial charge in [-0.05, 0) is 43.7 Å². The fourth-order valence-electron chi connectivity index (χ4n) is 4.21. The van der Waals surface area contributed by atoms with Crippen LogP contribution in [-0.4, -0.2) is 35.9 Å². The van der Waals surface area contributed by atoms with Crippen molar-refractivity contribution in [2.75, 3.05) is 5.32 Å². The molecule has 0 aliphatic rings. The van der Waals surface area contributed by atoms with Crippen LogP contribution in [0, 0.1) is 25.5 Å². The molecule has 0 bridgehead atoms. The Hall–Kier alpha value is -4.60. The van der Waals surface area contributed by atoms with Gasteiger partial charge in [0.1, 0.15) is 11.5 Å². The number of nitrogens with one attached hydrogen (secondary N) is 2. The predicted molar refractivity (Wildman–Crippen MR) is 127 cm³/mol. The van der Waals surface area contributed by atoms with E-state index < -0.39 is 11.9 Å². The van der Waals surface area contributed by atoms with Gasteiger partial charge in [-0.1, -0.05) is 12.1 Å². The molecule has 4 heterocycles. The van der Waals surface area contributed by atoms with Crippen LogP contribution >= 0.6 is 0 Å². The Labute approximate surface area is 198 Å². The molecule has 0 aliphatic heterocycles. The van der Waals surface area contributed by atoms with Crippen LogP contribution in [0.3, 0.4) is 0 Å². The zero-order chi connectivity index (χ0) is 24.7. The quantitative estimate of drug-likeness (QED) is 0.311. The lowest BCUT2D eigenvalue weighted by molar-refractivity contribution is 0.209. The maximum atomic E-state index is 14.4. The zero-order valence-corrected chi connectivity index (χ0v) is 18.8. The molecule has 35 heavy (non-hydrogen) atoms. The number of anilines is 1. The number of halogens is 2. The first-order valence-electron chi connectivity index (χ1n) is 10.7. The lowest BCUT2D eigenvalue weighted by atomic mass is 10.0. The van der Waals surface area contributed by atoms with Gasteiger partial charge in [0.2, 0.25) is 0 Å². The van der Waals surface area contributed by atoms with Crippen molar-refractivity contribution in [3.8, 4) is 22.3 Å². The number of carboxylic acid groups (broad SMARTS) is 1. The highest BCUT2D eigenvalue weighted by Gasteiger charge is 2.19. The van der Waals surface area contributed by atoms with Gasteiger partial charge in [0.15, 0.2) is 11.6 Å². The fourth-order valence-corrected chi connectivity index (χ4v) is 4.21. The van der Waals surface area contributed by atoms with Crippen LogP contribution in [0.25, 0.3) is 33.3 Å². The van der Waals surface area contributed by atoms with Crippen molar-refractivity contribution in [2.24, 2.45) is 0 Å². The van der Waals surface area contributed by atoms with Crippen molar-refractivity contribution in [2.45, 2.75) is 20.4 Å². The van der Waals surface area contributed by atoms with Crippen LogP contribution in [0.5, 0.6) is 0 Å². The molecule has 5 aromatic rings. The molecule has 0 aliphatic carbocycles. The van der Waals surface area contributed by atoms with Gasteiger partial charge < -0.3 is 10.1 Å². The summed E-state index contributed by atoms with van der Waals surface area (Å²) in [6, 6.07) is 9.50. The second kappa shape index (κ2) is 8.64. The van der Waals surface area contributed by atoms with Crippen molar-refractivity contribution >= 4 is 22.9 Å². The Morgan fingerprint density at radius 1 is 1.11 bits per heavy atom. The Kier molecular flexibility index (Phi) is 5.48. The van der Waals surface area contributed by atoms with Gasteiger partial charge in [-0.15, -0.1) is 0 Å². The van der Waals surface area contributed by atoms with E-state index in [1.807, 2.05) is 42.2 Å². The molecule has 10 heteroatoms. The minimum atomic E-state index is -1.40. The van der Waals surface area contributed by atoms with E-state index in [4.69, 9.17) is 5.11 Å². The molecule has 5 rings (SSSR count). The van der Waals surface area contributed by atoms with E-state index in [0.717, 1.165) is 33.5 Å². The van der Waals surface area contributed by atoms with Gasteiger partial charge >= 0.3 is 6.09 Å². The number of hydrogen-bond donors (Lipinski definition) is 3. The van der Waals surface area contributed by atoms with E-state index in [2.05, 4.69) is 20.1 Å². The first-order chi connectivity index (χ1) is 16.8. The standard InChI is InChI=1S/C25H20F2N6O2/c1-13-22(14(2)33(32-13)12-15-4-3-5-18(26)6-15)20-11-30-23-19(20)7-16(9-28-23)17-8-21(27)24(29-10-17)31-25(34)35/h3-11H,12H2,1-2H3,(H,28,30)(H,29,31)(H,34,35). The number of aromatic nitrogens is 5. The highest BCUT2D eigenvalue weighted by molar-refractivity contribution is 5.97. The van der Waals surface area contributed by atoms with Crippen LogP contribution in [-0.2, 0) is 6.54 Å². The van der Waals surface area contributed by atoms with Crippen LogP contribution in [0.4, 0.5) is 19.4 Å². The summed E-state index contributed by atoms with van der Waals surface area (Å²) in [4.78, 5) is 22.3. The van der Waals surface area contributed by atoms with E-state index in [0.29, 0.717) is 23.3 Å². The average Bonchev–Trinajstić information content (AvgIpc) is 3.34.